The highest BCUT2D eigenvalue weighted by Gasteiger charge is 2.17. The summed E-state index contributed by atoms with van der Waals surface area (Å²) in [5.74, 6) is 0. The molecular weight excluding hydrogens is 198 g/mol. The van der Waals surface area contributed by atoms with E-state index in [1.54, 1.807) is 0 Å². The summed E-state index contributed by atoms with van der Waals surface area (Å²) in [7, 11) is 1.98. The molecule has 0 aromatic heterocycles. The minimum atomic E-state index is 0.192. The summed E-state index contributed by atoms with van der Waals surface area (Å²) in [4.78, 5) is 0. The van der Waals surface area contributed by atoms with Crippen LogP contribution < -0.4 is 5.32 Å². The molecule has 0 bridgehead atoms. The summed E-state index contributed by atoms with van der Waals surface area (Å²) in [6.07, 6.45) is 0.192. The zero-order valence-corrected chi connectivity index (χ0v) is 11.0. The summed E-state index contributed by atoms with van der Waals surface area (Å²) < 4.78 is 5.66. The van der Waals surface area contributed by atoms with Gasteiger partial charge in [0.25, 0.3) is 0 Å². The summed E-state index contributed by atoms with van der Waals surface area (Å²) in [5, 5.41) is 3.32. The van der Waals surface area contributed by atoms with Crippen molar-refractivity contribution in [1.29, 1.82) is 0 Å². The predicted octanol–water partition coefficient (Wildman–Crippen LogP) is 2.99. The van der Waals surface area contributed by atoms with Gasteiger partial charge in [0, 0.05) is 6.61 Å². The van der Waals surface area contributed by atoms with Gasteiger partial charge < -0.3 is 10.1 Å². The van der Waals surface area contributed by atoms with E-state index in [9.17, 15) is 0 Å². The second-order valence-electron chi connectivity index (χ2n) is 4.27. The first-order chi connectivity index (χ1) is 7.60. The predicted molar refractivity (Wildman–Crippen MR) is 68.8 cm³/mol. The van der Waals surface area contributed by atoms with Crippen LogP contribution in [0.2, 0.25) is 0 Å². The van der Waals surface area contributed by atoms with Crippen molar-refractivity contribution in [2.45, 2.75) is 39.8 Å². The van der Waals surface area contributed by atoms with Gasteiger partial charge in [0.1, 0.15) is 0 Å². The van der Waals surface area contributed by atoms with Crippen molar-refractivity contribution in [3.63, 3.8) is 0 Å². The lowest BCUT2D eigenvalue weighted by atomic mass is 9.98. The van der Waals surface area contributed by atoms with Crippen molar-refractivity contribution in [3.8, 4) is 0 Å². The van der Waals surface area contributed by atoms with Gasteiger partial charge >= 0.3 is 0 Å². The van der Waals surface area contributed by atoms with Crippen LogP contribution in [0, 0.1) is 13.8 Å². The molecule has 0 aliphatic heterocycles. The van der Waals surface area contributed by atoms with E-state index in [1.807, 2.05) is 14.0 Å². The summed E-state index contributed by atoms with van der Waals surface area (Å²) in [6.45, 7) is 9.18. The number of hydrogen-bond acceptors (Lipinski definition) is 2. The first kappa shape index (κ1) is 13.2. The van der Waals surface area contributed by atoms with Crippen LogP contribution in [0.4, 0.5) is 0 Å². The van der Waals surface area contributed by atoms with Gasteiger partial charge in [0.15, 0.2) is 0 Å². The molecule has 90 valence electrons. The van der Waals surface area contributed by atoms with E-state index in [0.717, 1.165) is 6.61 Å². The average molecular weight is 221 g/mol. The number of ether oxygens (including phenoxy) is 1. The third-order valence-electron chi connectivity index (χ3n) is 3.10. The van der Waals surface area contributed by atoms with Gasteiger partial charge in [0.05, 0.1) is 12.1 Å². The van der Waals surface area contributed by atoms with E-state index >= 15 is 0 Å². The number of rotatable bonds is 5. The molecule has 1 N–H and O–H groups in total. The van der Waals surface area contributed by atoms with Gasteiger partial charge in [0.2, 0.25) is 0 Å². The van der Waals surface area contributed by atoms with Crippen molar-refractivity contribution in [2.24, 2.45) is 0 Å². The normalized spacial score (nSPS) is 14.8. The topological polar surface area (TPSA) is 21.3 Å². The van der Waals surface area contributed by atoms with Gasteiger partial charge in [-0.2, -0.15) is 0 Å². The maximum absolute atomic E-state index is 5.66. The van der Waals surface area contributed by atoms with Gasteiger partial charge in [-0.05, 0) is 51.4 Å². The van der Waals surface area contributed by atoms with Crippen LogP contribution in [-0.4, -0.2) is 19.8 Å². The molecule has 0 aliphatic rings. The van der Waals surface area contributed by atoms with Crippen molar-refractivity contribution in [2.75, 3.05) is 13.7 Å². The van der Waals surface area contributed by atoms with Gasteiger partial charge in [-0.25, -0.2) is 0 Å². The molecule has 0 saturated heterocycles. The third-order valence-corrected chi connectivity index (χ3v) is 3.10. The van der Waals surface area contributed by atoms with Crippen molar-refractivity contribution < 1.29 is 4.74 Å². The Balaban J connectivity index is 2.90. The molecule has 2 unspecified atom stereocenters. The highest BCUT2D eigenvalue weighted by molar-refractivity contribution is 5.32. The second kappa shape index (κ2) is 6.02. The standard InChI is InChI=1S/C14H23NO/c1-6-16-12(4)14(15-5)13-8-7-10(2)11(3)9-13/h7-9,12,14-15H,6H2,1-5H3. The highest BCUT2D eigenvalue weighted by atomic mass is 16.5. The van der Waals surface area contributed by atoms with Crippen molar-refractivity contribution in [3.05, 3.63) is 34.9 Å². The van der Waals surface area contributed by atoms with Crippen LogP contribution in [0.3, 0.4) is 0 Å². The van der Waals surface area contributed by atoms with E-state index in [4.69, 9.17) is 4.74 Å². The highest BCUT2D eigenvalue weighted by Crippen LogP contribution is 2.21. The third kappa shape index (κ3) is 3.06. The van der Waals surface area contributed by atoms with Gasteiger partial charge in [-0.15, -0.1) is 0 Å². The van der Waals surface area contributed by atoms with Crippen LogP contribution in [0.5, 0.6) is 0 Å². The number of hydrogen-bond donors (Lipinski definition) is 1. The van der Waals surface area contributed by atoms with E-state index in [-0.39, 0.29) is 12.1 Å². The summed E-state index contributed by atoms with van der Waals surface area (Å²) in [5.41, 5.74) is 3.97. The smallest absolute Gasteiger partial charge is 0.0741 e. The maximum atomic E-state index is 5.66. The molecular formula is C14H23NO. The molecule has 0 heterocycles. The fourth-order valence-corrected chi connectivity index (χ4v) is 1.99. The fraction of sp³-hybridized carbons (Fsp3) is 0.571. The van der Waals surface area contributed by atoms with Gasteiger partial charge in [-0.1, -0.05) is 18.2 Å². The first-order valence-electron chi connectivity index (χ1n) is 5.96. The Kier molecular flexibility index (Phi) is 4.97. The zero-order chi connectivity index (χ0) is 12.1. The molecule has 0 fully saturated rings. The molecule has 1 rings (SSSR count). The van der Waals surface area contributed by atoms with Crippen LogP contribution >= 0.6 is 0 Å². The molecule has 1 aromatic rings. The SMILES string of the molecule is CCOC(C)C(NC)c1ccc(C)c(C)c1. The van der Waals surface area contributed by atoms with E-state index in [1.165, 1.54) is 16.7 Å². The first-order valence-corrected chi connectivity index (χ1v) is 5.96. The van der Waals surface area contributed by atoms with Gasteiger partial charge in [-0.3, -0.25) is 0 Å². The molecule has 2 nitrogen and oxygen atoms in total. The quantitative estimate of drug-likeness (QED) is 0.825. The Hall–Kier alpha value is -0.860. The minimum absolute atomic E-state index is 0.192. The zero-order valence-electron chi connectivity index (χ0n) is 11.0. The molecule has 0 aliphatic carbocycles. The molecule has 16 heavy (non-hydrogen) atoms. The van der Waals surface area contributed by atoms with Crippen molar-refractivity contribution in [1.82, 2.24) is 5.32 Å². The lowest BCUT2D eigenvalue weighted by Gasteiger charge is -2.24. The minimum Gasteiger partial charge on any atom is -0.377 e. The Labute approximate surface area is 99.0 Å². The lowest BCUT2D eigenvalue weighted by molar-refractivity contribution is 0.0493. The number of benzene rings is 1. The summed E-state index contributed by atoms with van der Waals surface area (Å²) >= 11 is 0. The van der Waals surface area contributed by atoms with Crippen LogP contribution in [0.1, 0.15) is 36.6 Å². The molecule has 0 amide bonds. The Morgan fingerprint density at radius 2 is 1.94 bits per heavy atom. The molecule has 0 radical (unpaired) electrons. The van der Waals surface area contributed by atoms with Crippen LogP contribution in [0.25, 0.3) is 0 Å². The number of nitrogens with one attached hydrogen (secondary N) is 1. The number of aryl methyl sites for hydroxylation is 2. The Bertz CT molecular complexity index is 336. The average Bonchev–Trinajstić information content (AvgIpc) is 2.25. The van der Waals surface area contributed by atoms with Crippen LogP contribution in [0.15, 0.2) is 18.2 Å². The maximum Gasteiger partial charge on any atom is 0.0741 e. The fourth-order valence-electron chi connectivity index (χ4n) is 1.99. The Morgan fingerprint density at radius 1 is 1.25 bits per heavy atom. The van der Waals surface area contributed by atoms with E-state index in [2.05, 4.69) is 44.3 Å². The molecule has 2 heteroatoms. The monoisotopic (exact) mass is 221 g/mol. The van der Waals surface area contributed by atoms with E-state index < -0.39 is 0 Å². The molecule has 0 saturated carbocycles. The largest absolute Gasteiger partial charge is 0.377 e. The molecule has 0 spiro atoms. The second-order valence-corrected chi connectivity index (χ2v) is 4.27. The summed E-state index contributed by atoms with van der Waals surface area (Å²) in [6, 6.07) is 6.86. The number of likely N-dealkylation sites (N-methyl/N-ethyl adjacent to an activating group) is 1. The molecule has 1 aromatic carbocycles. The van der Waals surface area contributed by atoms with E-state index in [0.29, 0.717) is 0 Å². The lowest BCUT2D eigenvalue weighted by Crippen LogP contribution is -2.29. The molecule has 2 atom stereocenters. The van der Waals surface area contributed by atoms with Crippen molar-refractivity contribution >= 4 is 0 Å². The Morgan fingerprint density at radius 3 is 2.44 bits per heavy atom. The van der Waals surface area contributed by atoms with Crippen LogP contribution in [-0.2, 0) is 4.74 Å².